The number of alkyl halides is 6. The van der Waals surface area contributed by atoms with E-state index in [1.54, 1.807) is 37.3 Å². The Bertz CT molecular complexity index is 1240. The molecular weight excluding hydrogens is 483 g/mol. The number of ether oxygens (including phenoxy) is 3. The SMILES string of the molecule is C[C@@H](Oc1cccc(-n2nc(C(F)(F)F)c3c2CCCC3Cl)c1)c1ccc2c(c1)OC(F)(F)O2. The Morgan fingerprint density at radius 3 is 2.68 bits per heavy atom. The van der Waals surface area contributed by atoms with Gasteiger partial charge in [0.05, 0.1) is 11.1 Å². The van der Waals surface area contributed by atoms with Crippen LogP contribution in [-0.4, -0.2) is 16.1 Å². The summed E-state index contributed by atoms with van der Waals surface area (Å²) in [5.41, 5.74) is 0.426. The molecule has 0 bridgehead atoms. The molecule has 0 N–H and O–H groups in total. The second-order valence-electron chi connectivity index (χ2n) is 8.11. The van der Waals surface area contributed by atoms with Gasteiger partial charge in [-0.2, -0.15) is 18.3 Å². The van der Waals surface area contributed by atoms with Crippen molar-refractivity contribution in [2.45, 2.75) is 50.1 Å². The Morgan fingerprint density at radius 2 is 1.91 bits per heavy atom. The van der Waals surface area contributed by atoms with Crippen LogP contribution < -0.4 is 14.2 Å². The summed E-state index contributed by atoms with van der Waals surface area (Å²) in [6.07, 6.45) is -7.40. The molecule has 1 unspecified atom stereocenters. The quantitative estimate of drug-likeness (QED) is 0.287. The van der Waals surface area contributed by atoms with Crippen molar-refractivity contribution in [2.75, 3.05) is 0 Å². The number of halogens is 6. The second-order valence-corrected chi connectivity index (χ2v) is 8.64. The van der Waals surface area contributed by atoms with Crippen molar-refractivity contribution < 1.29 is 36.2 Å². The van der Waals surface area contributed by atoms with E-state index in [1.807, 2.05) is 0 Å². The molecule has 0 fully saturated rings. The fourth-order valence-corrected chi connectivity index (χ4v) is 4.61. The Morgan fingerprint density at radius 1 is 1.15 bits per heavy atom. The zero-order valence-electron chi connectivity index (χ0n) is 17.7. The number of nitrogens with zero attached hydrogens (tertiary/aromatic N) is 2. The van der Waals surface area contributed by atoms with Crippen molar-refractivity contribution in [3.8, 4) is 22.9 Å². The van der Waals surface area contributed by atoms with Crippen LogP contribution in [0.15, 0.2) is 42.5 Å². The lowest BCUT2D eigenvalue weighted by Gasteiger charge is -2.20. The number of rotatable bonds is 4. The summed E-state index contributed by atoms with van der Waals surface area (Å²) in [7, 11) is 0. The maximum Gasteiger partial charge on any atom is 0.586 e. The van der Waals surface area contributed by atoms with Gasteiger partial charge in [-0.3, -0.25) is 0 Å². The molecule has 0 spiro atoms. The molecule has 0 amide bonds. The number of fused-ring (bicyclic) bond motifs is 2. The summed E-state index contributed by atoms with van der Waals surface area (Å²) in [6.45, 7) is 1.71. The molecule has 34 heavy (non-hydrogen) atoms. The molecule has 5 rings (SSSR count). The molecular formula is C23H18ClF5N2O3. The van der Waals surface area contributed by atoms with Gasteiger partial charge in [-0.05, 0) is 56.0 Å². The lowest BCUT2D eigenvalue weighted by molar-refractivity contribution is -0.286. The van der Waals surface area contributed by atoms with Crippen molar-refractivity contribution in [2.24, 2.45) is 0 Å². The highest BCUT2D eigenvalue weighted by molar-refractivity contribution is 6.21. The zero-order chi connectivity index (χ0) is 24.3. The van der Waals surface area contributed by atoms with E-state index in [1.165, 1.54) is 16.8 Å². The minimum Gasteiger partial charge on any atom is -0.486 e. The van der Waals surface area contributed by atoms with E-state index in [2.05, 4.69) is 14.6 Å². The molecule has 3 aromatic rings. The summed E-state index contributed by atoms with van der Waals surface area (Å²) in [6, 6.07) is 10.8. The van der Waals surface area contributed by atoms with Crippen molar-refractivity contribution in [3.63, 3.8) is 0 Å². The fourth-order valence-electron chi connectivity index (χ4n) is 4.23. The number of benzene rings is 2. The van der Waals surface area contributed by atoms with Gasteiger partial charge in [0.25, 0.3) is 0 Å². The van der Waals surface area contributed by atoms with E-state index in [0.717, 1.165) is 0 Å². The molecule has 0 saturated heterocycles. The Labute approximate surface area is 196 Å². The minimum absolute atomic E-state index is 0.0252. The van der Waals surface area contributed by atoms with E-state index in [4.69, 9.17) is 16.3 Å². The number of aromatic nitrogens is 2. The van der Waals surface area contributed by atoms with Gasteiger partial charge in [0, 0.05) is 17.3 Å². The average molecular weight is 501 g/mol. The first-order valence-electron chi connectivity index (χ1n) is 10.5. The normalized spacial score (nSPS) is 19.6. The molecule has 2 aliphatic rings. The van der Waals surface area contributed by atoms with Crippen LogP contribution in [0.2, 0.25) is 0 Å². The summed E-state index contributed by atoms with van der Waals surface area (Å²) in [4.78, 5) is 0. The molecule has 180 valence electrons. The van der Waals surface area contributed by atoms with Crippen LogP contribution in [0.1, 0.15) is 53.8 Å². The van der Waals surface area contributed by atoms with Crippen LogP contribution in [0.4, 0.5) is 22.0 Å². The summed E-state index contributed by atoms with van der Waals surface area (Å²) in [5, 5.41) is 3.11. The summed E-state index contributed by atoms with van der Waals surface area (Å²) in [5.74, 6) is 0.179. The van der Waals surface area contributed by atoms with Crippen LogP contribution in [0.3, 0.4) is 0 Å². The molecule has 2 aromatic carbocycles. The van der Waals surface area contributed by atoms with Gasteiger partial charge in [-0.15, -0.1) is 20.4 Å². The summed E-state index contributed by atoms with van der Waals surface area (Å²) >= 11 is 6.24. The number of hydrogen-bond donors (Lipinski definition) is 0. The van der Waals surface area contributed by atoms with Gasteiger partial charge < -0.3 is 14.2 Å². The Balaban J connectivity index is 1.43. The van der Waals surface area contributed by atoms with Gasteiger partial charge in [-0.1, -0.05) is 12.1 Å². The maximum absolute atomic E-state index is 13.6. The molecule has 1 aliphatic carbocycles. The lowest BCUT2D eigenvalue weighted by Crippen LogP contribution is -2.25. The highest BCUT2D eigenvalue weighted by Crippen LogP contribution is 2.44. The standard InChI is InChI=1S/C23H18ClF5N2O3/c1-12(13-8-9-18-19(10-13)34-23(28,29)33-18)32-15-5-2-4-14(11-15)31-17-7-3-6-16(24)20(17)21(30-31)22(25,26)27/h2,4-5,8-12,16H,3,6-7H2,1H3/t12-,16?/m1/s1. The Kier molecular flexibility index (Phi) is 5.38. The van der Waals surface area contributed by atoms with Gasteiger partial charge >= 0.3 is 12.5 Å². The molecule has 1 aromatic heterocycles. The predicted octanol–water partition coefficient (Wildman–Crippen LogP) is 6.97. The molecule has 5 nitrogen and oxygen atoms in total. The van der Waals surface area contributed by atoms with Crippen molar-refractivity contribution in [1.29, 1.82) is 0 Å². The smallest absolute Gasteiger partial charge is 0.486 e. The largest absolute Gasteiger partial charge is 0.586 e. The van der Waals surface area contributed by atoms with Gasteiger partial charge in [0.2, 0.25) is 0 Å². The highest BCUT2D eigenvalue weighted by Gasteiger charge is 2.44. The fraction of sp³-hybridized carbons (Fsp3) is 0.348. The minimum atomic E-state index is -4.63. The highest BCUT2D eigenvalue weighted by atomic mass is 35.5. The van der Waals surface area contributed by atoms with E-state index in [0.29, 0.717) is 42.0 Å². The van der Waals surface area contributed by atoms with Crippen molar-refractivity contribution in [3.05, 3.63) is 65.0 Å². The molecule has 2 heterocycles. The molecule has 0 saturated carbocycles. The average Bonchev–Trinajstić information content (AvgIpc) is 3.30. The van der Waals surface area contributed by atoms with E-state index in [9.17, 15) is 22.0 Å². The van der Waals surface area contributed by atoms with Crippen LogP contribution >= 0.6 is 11.6 Å². The van der Waals surface area contributed by atoms with Gasteiger partial charge in [0.1, 0.15) is 11.9 Å². The maximum atomic E-state index is 13.6. The monoisotopic (exact) mass is 500 g/mol. The molecule has 0 radical (unpaired) electrons. The summed E-state index contributed by atoms with van der Waals surface area (Å²) < 4.78 is 83.5. The van der Waals surface area contributed by atoms with Gasteiger partial charge in [-0.25, -0.2) is 4.68 Å². The van der Waals surface area contributed by atoms with E-state index < -0.39 is 29.6 Å². The molecule has 11 heteroatoms. The van der Waals surface area contributed by atoms with E-state index in [-0.39, 0.29) is 17.1 Å². The number of hydrogen-bond acceptors (Lipinski definition) is 4. The van der Waals surface area contributed by atoms with Crippen molar-refractivity contribution in [1.82, 2.24) is 9.78 Å². The third-order valence-electron chi connectivity index (χ3n) is 5.74. The third kappa shape index (κ3) is 4.15. The zero-order valence-corrected chi connectivity index (χ0v) is 18.5. The van der Waals surface area contributed by atoms with Crippen LogP contribution in [-0.2, 0) is 12.6 Å². The second kappa shape index (κ2) is 8.04. The molecule has 1 aliphatic heterocycles. The van der Waals surface area contributed by atoms with Crippen molar-refractivity contribution >= 4 is 11.6 Å². The van der Waals surface area contributed by atoms with Crippen LogP contribution in [0.25, 0.3) is 5.69 Å². The lowest BCUT2D eigenvalue weighted by atomic mass is 9.95. The Hall–Kier alpha value is -3.01. The topological polar surface area (TPSA) is 45.5 Å². The van der Waals surface area contributed by atoms with Crippen LogP contribution in [0.5, 0.6) is 17.2 Å². The predicted molar refractivity (Wildman–Crippen MR) is 112 cm³/mol. The first kappa shape index (κ1) is 22.8. The first-order valence-corrected chi connectivity index (χ1v) is 11.0. The first-order chi connectivity index (χ1) is 16.0. The third-order valence-corrected chi connectivity index (χ3v) is 6.18. The van der Waals surface area contributed by atoms with Gasteiger partial charge in [0.15, 0.2) is 17.2 Å². The van der Waals surface area contributed by atoms with Crippen LogP contribution in [0, 0.1) is 0 Å². The van der Waals surface area contributed by atoms with E-state index >= 15 is 0 Å². The molecule has 2 atom stereocenters.